The van der Waals surface area contributed by atoms with Crippen LogP contribution < -0.4 is 0 Å². The number of benzene rings is 1. The second kappa shape index (κ2) is 4.80. The molecule has 1 nitrogen and oxygen atoms in total. The molecule has 82 valence electrons. The highest BCUT2D eigenvalue weighted by molar-refractivity contribution is 5.15. The molecule has 1 heteroatoms. The topological polar surface area (TPSA) is 20.2 Å². The van der Waals surface area contributed by atoms with Crippen LogP contribution in [0.5, 0.6) is 0 Å². The van der Waals surface area contributed by atoms with Crippen molar-refractivity contribution in [3.8, 4) is 0 Å². The third-order valence-corrected chi connectivity index (χ3v) is 3.83. The summed E-state index contributed by atoms with van der Waals surface area (Å²) < 4.78 is 0. The largest absolute Gasteiger partial charge is 0.396 e. The Bertz CT molecular complexity index is 293. The third kappa shape index (κ3) is 2.60. The lowest BCUT2D eigenvalue weighted by molar-refractivity contribution is 0.274. The van der Waals surface area contributed by atoms with Crippen LogP contribution in [0.15, 0.2) is 30.3 Å². The molecule has 0 bridgehead atoms. The summed E-state index contributed by atoms with van der Waals surface area (Å²) in [6.45, 7) is 2.67. The fourth-order valence-electron chi connectivity index (χ4n) is 2.72. The minimum Gasteiger partial charge on any atom is -0.396 e. The molecule has 0 saturated heterocycles. The normalized spacial score (nSPS) is 29.1. The zero-order chi connectivity index (χ0) is 10.7. The van der Waals surface area contributed by atoms with Crippen LogP contribution in [-0.2, 0) is 6.42 Å². The molecule has 1 aromatic rings. The van der Waals surface area contributed by atoms with Gasteiger partial charge in [-0.15, -0.1) is 0 Å². The second-order valence-electron chi connectivity index (χ2n) is 4.72. The molecule has 0 aromatic heterocycles. The number of aliphatic hydroxyl groups is 1. The highest BCUT2D eigenvalue weighted by atomic mass is 16.3. The molecule has 0 aliphatic heterocycles. The van der Waals surface area contributed by atoms with Crippen molar-refractivity contribution in [3.63, 3.8) is 0 Å². The van der Waals surface area contributed by atoms with E-state index in [4.69, 9.17) is 5.11 Å². The fourth-order valence-corrected chi connectivity index (χ4v) is 2.72. The summed E-state index contributed by atoms with van der Waals surface area (Å²) in [5.74, 6) is 2.48. The first kappa shape index (κ1) is 10.7. The number of hydrogen-bond acceptors (Lipinski definition) is 1. The molecule has 0 unspecified atom stereocenters. The van der Waals surface area contributed by atoms with Gasteiger partial charge in [-0.1, -0.05) is 37.3 Å². The molecule has 1 saturated carbocycles. The molecule has 15 heavy (non-hydrogen) atoms. The number of hydrogen-bond donors (Lipinski definition) is 1. The molecule has 3 atom stereocenters. The molecular formula is C14H20O. The van der Waals surface area contributed by atoms with Crippen LogP contribution in [0.4, 0.5) is 0 Å². The van der Waals surface area contributed by atoms with E-state index in [1.807, 2.05) is 0 Å². The fraction of sp³-hybridized carbons (Fsp3) is 0.571. The average molecular weight is 204 g/mol. The molecule has 0 heterocycles. The number of aliphatic hydroxyl groups excluding tert-OH is 1. The van der Waals surface area contributed by atoms with Gasteiger partial charge in [-0.25, -0.2) is 0 Å². The summed E-state index contributed by atoms with van der Waals surface area (Å²) in [5.41, 5.74) is 1.44. The van der Waals surface area contributed by atoms with Crippen molar-refractivity contribution in [2.24, 2.45) is 17.8 Å². The maximum atomic E-state index is 8.90. The van der Waals surface area contributed by atoms with Gasteiger partial charge < -0.3 is 5.11 Å². The summed E-state index contributed by atoms with van der Waals surface area (Å²) in [6, 6.07) is 10.7. The number of aryl methyl sites for hydroxylation is 1. The molecule has 1 aromatic carbocycles. The summed E-state index contributed by atoms with van der Waals surface area (Å²) in [5, 5.41) is 8.90. The Morgan fingerprint density at radius 3 is 2.40 bits per heavy atom. The van der Waals surface area contributed by atoms with Gasteiger partial charge in [0.15, 0.2) is 0 Å². The molecule has 1 fully saturated rings. The molecule has 0 spiro atoms. The summed E-state index contributed by atoms with van der Waals surface area (Å²) in [7, 11) is 0. The molecular weight excluding hydrogens is 184 g/mol. The van der Waals surface area contributed by atoms with E-state index < -0.39 is 0 Å². The standard InChI is InChI=1S/C14H20O/c1-11-13(14(11)9-10-15)8-7-12-5-3-2-4-6-12/h2-6,11,13-15H,7-10H2,1H3/t11-,13-,14-/m0/s1. The summed E-state index contributed by atoms with van der Waals surface area (Å²) in [4.78, 5) is 0. The maximum absolute atomic E-state index is 8.90. The Morgan fingerprint density at radius 2 is 1.73 bits per heavy atom. The number of rotatable bonds is 5. The van der Waals surface area contributed by atoms with Gasteiger partial charge in [-0.3, -0.25) is 0 Å². The molecule has 0 amide bonds. The molecule has 1 aliphatic carbocycles. The van der Waals surface area contributed by atoms with E-state index in [2.05, 4.69) is 37.3 Å². The van der Waals surface area contributed by atoms with Gasteiger partial charge in [0.25, 0.3) is 0 Å². The van der Waals surface area contributed by atoms with E-state index in [0.29, 0.717) is 6.61 Å². The Labute approximate surface area is 92.1 Å². The smallest absolute Gasteiger partial charge is 0.0433 e. The van der Waals surface area contributed by atoms with Crippen molar-refractivity contribution in [1.82, 2.24) is 0 Å². The second-order valence-corrected chi connectivity index (χ2v) is 4.72. The first-order chi connectivity index (χ1) is 7.33. The van der Waals surface area contributed by atoms with Crippen LogP contribution in [0.3, 0.4) is 0 Å². The molecule has 1 aliphatic rings. The SMILES string of the molecule is C[C@@H]1[C@H](CCO)[C@H]1CCc1ccccc1. The van der Waals surface area contributed by atoms with Crippen LogP contribution in [0, 0.1) is 17.8 Å². The van der Waals surface area contributed by atoms with Crippen LogP contribution >= 0.6 is 0 Å². The highest BCUT2D eigenvalue weighted by Crippen LogP contribution is 2.50. The minimum absolute atomic E-state index is 0.358. The van der Waals surface area contributed by atoms with E-state index in [1.54, 1.807) is 0 Å². The minimum atomic E-state index is 0.358. The van der Waals surface area contributed by atoms with Gasteiger partial charge in [-0.2, -0.15) is 0 Å². The maximum Gasteiger partial charge on any atom is 0.0433 e. The first-order valence-corrected chi connectivity index (χ1v) is 5.97. The van der Waals surface area contributed by atoms with Gasteiger partial charge in [0.1, 0.15) is 0 Å². The van der Waals surface area contributed by atoms with E-state index in [9.17, 15) is 0 Å². The lowest BCUT2D eigenvalue weighted by Crippen LogP contribution is -1.91. The lowest BCUT2D eigenvalue weighted by atomic mass is 10.1. The van der Waals surface area contributed by atoms with Crippen molar-refractivity contribution < 1.29 is 5.11 Å². The van der Waals surface area contributed by atoms with Crippen LogP contribution in [-0.4, -0.2) is 11.7 Å². The Morgan fingerprint density at radius 1 is 1.07 bits per heavy atom. The van der Waals surface area contributed by atoms with Crippen molar-refractivity contribution >= 4 is 0 Å². The van der Waals surface area contributed by atoms with E-state index >= 15 is 0 Å². The van der Waals surface area contributed by atoms with E-state index in [0.717, 1.165) is 24.2 Å². The summed E-state index contributed by atoms with van der Waals surface area (Å²) in [6.07, 6.45) is 3.48. The molecule has 1 N–H and O–H groups in total. The van der Waals surface area contributed by atoms with E-state index in [-0.39, 0.29) is 0 Å². The van der Waals surface area contributed by atoms with Crippen LogP contribution in [0.1, 0.15) is 25.3 Å². The Kier molecular flexibility index (Phi) is 3.42. The average Bonchev–Trinajstić information content (AvgIpc) is 2.88. The van der Waals surface area contributed by atoms with Crippen molar-refractivity contribution in [1.29, 1.82) is 0 Å². The third-order valence-electron chi connectivity index (χ3n) is 3.83. The van der Waals surface area contributed by atoms with Crippen LogP contribution in [0.2, 0.25) is 0 Å². The van der Waals surface area contributed by atoms with Crippen molar-refractivity contribution in [2.45, 2.75) is 26.2 Å². The van der Waals surface area contributed by atoms with E-state index in [1.165, 1.54) is 18.4 Å². The quantitative estimate of drug-likeness (QED) is 0.782. The first-order valence-electron chi connectivity index (χ1n) is 5.97. The summed E-state index contributed by atoms with van der Waals surface area (Å²) >= 11 is 0. The monoisotopic (exact) mass is 204 g/mol. The van der Waals surface area contributed by atoms with Crippen LogP contribution in [0.25, 0.3) is 0 Å². The molecule has 2 rings (SSSR count). The van der Waals surface area contributed by atoms with Gasteiger partial charge >= 0.3 is 0 Å². The zero-order valence-electron chi connectivity index (χ0n) is 9.39. The predicted molar refractivity (Wildman–Crippen MR) is 62.6 cm³/mol. The zero-order valence-corrected chi connectivity index (χ0v) is 9.39. The van der Waals surface area contributed by atoms with Gasteiger partial charge in [-0.05, 0) is 42.6 Å². The van der Waals surface area contributed by atoms with Gasteiger partial charge in [0.05, 0.1) is 0 Å². The van der Waals surface area contributed by atoms with Crippen molar-refractivity contribution in [3.05, 3.63) is 35.9 Å². The Hall–Kier alpha value is -0.820. The lowest BCUT2D eigenvalue weighted by Gasteiger charge is -2.00. The van der Waals surface area contributed by atoms with Gasteiger partial charge in [0.2, 0.25) is 0 Å². The highest BCUT2D eigenvalue weighted by Gasteiger charge is 2.44. The Balaban J connectivity index is 1.76. The van der Waals surface area contributed by atoms with Crippen molar-refractivity contribution in [2.75, 3.05) is 6.61 Å². The molecule has 0 radical (unpaired) electrons. The van der Waals surface area contributed by atoms with Gasteiger partial charge in [0, 0.05) is 6.61 Å². The predicted octanol–water partition coefficient (Wildman–Crippen LogP) is 2.88.